The molecule has 228 valence electrons. The first-order chi connectivity index (χ1) is 21.3. The Kier molecular flexibility index (Phi) is 9.51. The van der Waals surface area contributed by atoms with E-state index in [0.29, 0.717) is 27.7 Å². The second kappa shape index (κ2) is 13.7. The molecule has 1 aliphatic rings. The van der Waals surface area contributed by atoms with Gasteiger partial charge in [-0.05, 0) is 68.1 Å². The van der Waals surface area contributed by atoms with Crippen molar-refractivity contribution in [1.29, 1.82) is 0 Å². The van der Waals surface area contributed by atoms with Crippen LogP contribution < -0.4 is 16.0 Å². The SMILES string of the molecule is CCOC(=O)/N=[SH](=O)\c1cccc(Nc2ncc(-c3ccc(NC(=O)C4(c5ccccc5)CC4)cc3)c(NC(C)CO)n2)c1. The number of carbonyl (C=O) groups is 2. The molecule has 2 amide bonds. The fourth-order valence-corrected chi connectivity index (χ4v) is 5.46. The summed E-state index contributed by atoms with van der Waals surface area (Å²) in [6.45, 7) is 3.50. The third-order valence-corrected chi connectivity index (χ3v) is 8.24. The Balaban J connectivity index is 1.34. The number of nitrogens with zero attached hydrogens (tertiary/aromatic N) is 3. The van der Waals surface area contributed by atoms with Gasteiger partial charge in [-0.25, -0.2) is 14.0 Å². The highest BCUT2D eigenvalue weighted by Crippen LogP contribution is 2.49. The maximum absolute atomic E-state index is 13.2. The number of hydrogen-bond donors (Lipinski definition) is 5. The molecule has 5 rings (SSSR count). The van der Waals surface area contributed by atoms with Crippen molar-refractivity contribution in [2.24, 2.45) is 4.36 Å². The average Bonchev–Trinajstić information content (AvgIpc) is 3.85. The molecule has 4 N–H and O–H groups in total. The van der Waals surface area contributed by atoms with Gasteiger partial charge in [-0.2, -0.15) is 4.98 Å². The standard InChI is InChI=1S/C32H34N6O5S/c1-3-43-31(41)38-44(42)26-11-7-10-25(18-26)36-30-33-19-27(28(37-30)34-21(2)20-39)22-12-14-24(15-13-22)35-29(40)32(16-17-32)23-8-5-4-6-9-23/h4-15,18-19,21,39,44H,3,16-17,20H2,1-2H3,(H,35,40)(H2,33,34,36,37). The number of hydrogen-bond acceptors (Lipinski definition) is 9. The molecule has 4 aromatic rings. The van der Waals surface area contributed by atoms with Gasteiger partial charge in [0, 0.05) is 34.1 Å². The summed E-state index contributed by atoms with van der Waals surface area (Å²) >= 11 is 0. The summed E-state index contributed by atoms with van der Waals surface area (Å²) in [6.07, 6.45) is 2.42. The second-order valence-corrected chi connectivity index (χ2v) is 11.7. The predicted molar refractivity (Wildman–Crippen MR) is 171 cm³/mol. The quantitative estimate of drug-likeness (QED) is 0.137. The molecule has 3 aromatic carbocycles. The topological polar surface area (TPSA) is 155 Å². The Morgan fingerprint density at radius 1 is 1.05 bits per heavy atom. The van der Waals surface area contributed by atoms with Gasteiger partial charge in [0.2, 0.25) is 11.9 Å². The van der Waals surface area contributed by atoms with Gasteiger partial charge >= 0.3 is 6.09 Å². The van der Waals surface area contributed by atoms with Crippen molar-refractivity contribution in [2.75, 3.05) is 29.2 Å². The van der Waals surface area contributed by atoms with Crippen LogP contribution in [0.1, 0.15) is 32.3 Å². The molecule has 0 bridgehead atoms. The van der Waals surface area contributed by atoms with Gasteiger partial charge in [0.05, 0.1) is 29.2 Å². The number of benzene rings is 3. The summed E-state index contributed by atoms with van der Waals surface area (Å²) in [6, 6.07) is 23.6. The van der Waals surface area contributed by atoms with E-state index in [1.165, 1.54) is 0 Å². The van der Waals surface area contributed by atoms with E-state index in [-0.39, 0.29) is 31.1 Å². The molecule has 0 spiro atoms. The number of anilines is 4. The van der Waals surface area contributed by atoms with Crippen molar-refractivity contribution in [2.45, 2.75) is 43.0 Å². The molecule has 0 aliphatic heterocycles. The first-order valence-electron chi connectivity index (χ1n) is 14.3. The van der Waals surface area contributed by atoms with Gasteiger partial charge in [0.15, 0.2) is 0 Å². The van der Waals surface area contributed by atoms with E-state index in [4.69, 9.17) is 4.74 Å². The number of thiol groups is 1. The number of aromatic nitrogens is 2. The summed E-state index contributed by atoms with van der Waals surface area (Å²) < 4.78 is 20.8. The van der Waals surface area contributed by atoms with Crippen LogP contribution in [0.5, 0.6) is 0 Å². The molecular weight excluding hydrogens is 580 g/mol. The first-order valence-corrected chi connectivity index (χ1v) is 15.5. The highest BCUT2D eigenvalue weighted by atomic mass is 32.2. The summed E-state index contributed by atoms with van der Waals surface area (Å²) in [4.78, 5) is 34.2. The average molecular weight is 615 g/mol. The Morgan fingerprint density at radius 2 is 1.80 bits per heavy atom. The number of ether oxygens (including phenoxy) is 1. The number of carbonyl (C=O) groups excluding carboxylic acids is 2. The summed E-state index contributed by atoms with van der Waals surface area (Å²) in [5.74, 6) is 0.731. The Morgan fingerprint density at radius 3 is 2.48 bits per heavy atom. The van der Waals surface area contributed by atoms with Crippen LogP contribution in [0.25, 0.3) is 11.1 Å². The van der Waals surface area contributed by atoms with Crippen LogP contribution in [-0.4, -0.2) is 50.5 Å². The van der Waals surface area contributed by atoms with Gasteiger partial charge in [0.25, 0.3) is 0 Å². The van der Waals surface area contributed by atoms with E-state index >= 15 is 0 Å². The molecule has 2 unspecified atom stereocenters. The van der Waals surface area contributed by atoms with E-state index in [2.05, 4.69) is 30.3 Å². The molecule has 1 saturated carbocycles. The van der Waals surface area contributed by atoms with Gasteiger partial charge in [-0.3, -0.25) is 4.79 Å². The maximum Gasteiger partial charge on any atom is 0.441 e. The molecular formula is C32H34N6O5S. The molecule has 1 heterocycles. The largest absolute Gasteiger partial charge is 0.448 e. The van der Waals surface area contributed by atoms with Crippen molar-refractivity contribution in [3.05, 3.63) is 90.6 Å². The molecule has 2 atom stereocenters. The zero-order valence-corrected chi connectivity index (χ0v) is 25.3. The lowest BCUT2D eigenvalue weighted by molar-refractivity contribution is -0.118. The fraction of sp³-hybridized carbons (Fsp3) is 0.250. The van der Waals surface area contributed by atoms with Crippen LogP contribution in [0.3, 0.4) is 0 Å². The van der Waals surface area contributed by atoms with Crippen molar-refractivity contribution in [1.82, 2.24) is 9.97 Å². The zero-order chi connectivity index (χ0) is 31.1. The smallest absolute Gasteiger partial charge is 0.441 e. The minimum absolute atomic E-state index is 0.0162. The summed E-state index contributed by atoms with van der Waals surface area (Å²) in [5, 5.41) is 19.1. The Bertz CT molecular complexity index is 1720. The van der Waals surface area contributed by atoms with Crippen molar-refractivity contribution in [3.8, 4) is 11.1 Å². The molecule has 0 saturated heterocycles. The highest BCUT2D eigenvalue weighted by molar-refractivity contribution is 7.75. The third kappa shape index (κ3) is 7.21. The van der Waals surface area contributed by atoms with Gasteiger partial charge in [-0.1, -0.05) is 48.5 Å². The van der Waals surface area contributed by atoms with Crippen LogP contribution in [0.15, 0.2) is 94.3 Å². The lowest BCUT2D eigenvalue weighted by Gasteiger charge is -2.18. The van der Waals surface area contributed by atoms with Crippen LogP contribution in [0, 0.1) is 0 Å². The Hall–Kier alpha value is -4.81. The van der Waals surface area contributed by atoms with Crippen LogP contribution >= 0.6 is 0 Å². The Labute approximate surface area is 257 Å². The molecule has 1 aromatic heterocycles. The summed E-state index contributed by atoms with van der Waals surface area (Å²) in [5.41, 5.74) is 3.29. The fourth-order valence-electron chi connectivity index (χ4n) is 4.67. The van der Waals surface area contributed by atoms with E-state index < -0.39 is 22.1 Å². The molecule has 1 fully saturated rings. The number of aliphatic hydroxyl groups excluding tert-OH is 1. The molecule has 12 heteroatoms. The second-order valence-electron chi connectivity index (χ2n) is 10.4. The van der Waals surface area contributed by atoms with Crippen molar-refractivity contribution < 1.29 is 23.6 Å². The minimum Gasteiger partial charge on any atom is -0.448 e. The van der Waals surface area contributed by atoms with E-state index in [1.807, 2.05) is 61.5 Å². The summed E-state index contributed by atoms with van der Waals surface area (Å²) in [7, 11) is -2.34. The zero-order valence-electron chi connectivity index (χ0n) is 24.4. The maximum atomic E-state index is 13.2. The van der Waals surface area contributed by atoms with Gasteiger partial charge in [0.1, 0.15) is 5.82 Å². The van der Waals surface area contributed by atoms with Crippen LogP contribution in [0.4, 0.5) is 27.9 Å². The van der Waals surface area contributed by atoms with Crippen molar-refractivity contribution >= 4 is 45.7 Å². The molecule has 0 radical (unpaired) electrons. The molecule has 1 aliphatic carbocycles. The lowest BCUT2D eigenvalue weighted by Crippen LogP contribution is -2.27. The van der Waals surface area contributed by atoms with Gasteiger partial charge < -0.3 is 25.8 Å². The number of nitrogens with one attached hydrogen (secondary N) is 3. The lowest BCUT2D eigenvalue weighted by atomic mass is 9.95. The molecule has 44 heavy (non-hydrogen) atoms. The number of aliphatic hydroxyl groups is 1. The van der Waals surface area contributed by atoms with Crippen LogP contribution in [-0.2, 0) is 25.5 Å². The third-order valence-electron chi connectivity index (χ3n) is 7.17. The first kappa shape index (κ1) is 30.6. The number of rotatable bonds is 11. The number of amides is 2. The van der Waals surface area contributed by atoms with Gasteiger partial charge in [-0.15, -0.1) is 4.36 Å². The minimum atomic E-state index is -2.34. The van der Waals surface area contributed by atoms with Crippen LogP contribution in [0.2, 0.25) is 0 Å². The van der Waals surface area contributed by atoms with E-state index in [9.17, 15) is 18.9 Å². The predicted octanol–water partition coefficient (Wildman–Crippen LogP) is 5.53. The molecule has 11 nitrogen and oxygen atoms in total. The normalized spacial score (nSPS) is 14.7. The highest BCUT2D eigenvalue weighted by Gasteiger charge is 2.51. The monoisotopic (exact) mass is 614 g/mol. The van der Waals surface area contributed by atoms with E-state index in [0.717, 1.165) is 24.0 Å². The van der Waals surface area contributed by atoms with E-state index in [1.54, 1.807) is 37.4 Å². The van der Waals surface area contributed by atoms with Crippen molar-refractivity contribution in [3.63, 3.8) is 0 Å².